The average Bonchev–Trinajstić information content (AvgIpc) is 2.75. The third kappa shape index (κ3) is 3.06. The predicted molar refractivity (Wildman–Crippen MR) is 78.9 cm³/mol. The van der Waals surface area contributed by atoms with Gasteiger partial charge in [0.2, 0.25) is 0 Å². The first-order valence-electron chi connectivity index (χ1n) is 5.93. The van der Waals surface area contributed by atoms with E-state index >= 15 is 0 Å². The molecule has 0 spiro atoms. The lowest BCUT2D eigenvalue weighted by Crippen LogP contribution is -2.07. The second-order valence-electron chi connectivity index (χ2n) is 4.42. The van der Waals surface area contributed by atoms with Crippen molar-refractivity contribution in [2.75, 3.05) is 11.1 Å². The van der Waals surface area contributed by atoms with Crippen LogP contribution >= 0.6 is 11.3 Å². The van der Waals surface area contributed by atoms with Gasteiger partial charge in [0.1, 0.15) is 0 Å². The minimum atomic E-state index is -1.01. The van der Waals surface area contributed by atoms with E-state index in [-0.39, 0.29) is 17.3 Å². The van der Waals surface area contributed by atoms with E-state index in [2.05, 4.69) is 31.3 Å². The van der Waals surface area contributed by atoms with Crippen molar-refractivity contribution in [1.82, 2.24) is 0 Å². The van der Waals surface area contributed by atoms with Gasteiger partial charge in [0.15, 0.2) is 0 Å². The molecule has 2 aromatic rings. The summed E-state index contributed by atoms with van der Waals surface area (Å²) in [5, 5.41) is 12.2. The van der Waals surface area contributed by atoms with E-state index < -0.39 is 5.97 Å². The Hall–Kier alpha value is -2.01. The fourth-order valence-electron chi connectivity index (χ4n) is 1.85. The molecule has 4 N–H and O–H groups in total. The number of carboxylic acids is 1. The summed E-state index contributed by atoms with van der Waals surface area (Å²) < 4.78 is 0. The number of rotatable bonds is 4. The van der Waals surface area contributed by atoms with Crippen molar-refractivity contribution in [2.45, 2.75) is 19.9 Å². The first-order chi connectivity index (χ1) is 8.97. The Balaban J connectivity index is 2.15. The Morgan fingerprint density at radius 3 is 2.63 bits per heavy atom. The number of carbonyl (C=O) groups is 1. The first kappa shape index (κ1) is 13.4. The summed E-state index contributed by atoms with van der Waals surface area (Å²) in [5.41, 5.74) is 6.94. The van der Waals surface area contributed by atoms with Crippen molar-refractivity contribution in [1.29, 1.82) is 0 Å². The van der Waals surface area contributed by atoms with Crippen LogP contribution in [0.15, 0.2) is 30.3 Å². The fraction of sp³-hybridized carbons (Fsp3) is 0.214. The molecule has 0 fully saturated rings. The lowest BCUT2D eigenvalue weighted by atomic mass is 10.1. The van der Waals surface area contributed by atoms with Crippen molar-refractivity contribution in [3.63, 3.8) is 0 Å². The van der Waals surface area contributed by atoms with Gasteiger partial charge in [-0.3, -0.25) is 0 Å². The quantitative estimate of drug-likeness (QED) is 0.747. The molecule has 19 heavy (non-hydrogen) atoms. The molecular formula is C14H16N2O2S. The summed E-state index contributed by atoms with van der Waals surface area (Å²) in [6.07, 6.45) is 0. The van der Waals surface area contributed by atoms with Crippen LogP contribution in [0.2, 0.25) is 0 Å². The Labute approximate surface area is 115 Å². The number of nitrogens with two attached hydrogens (primary N) is 1. The number of nitrogens with one attached hydrogen (secondary N) is 1. The zero-order valence-corrected chi connectivity index (χ0v) is 11.6. The molecule has 2 rings (SSSR count). The zero-order chi connectivity index (χ0) is 14.0. The van der Waals surface area contributed by atoms with E-state index in [1.165, 1.54) is 15.8 Å². The molecule has 0 amide bonds. The van der Waals surface area contributed by atoms with Gasteiger partial charge in [0, 0.05) is 21.1 Å². The van der Waals surface area contributed by atoms with E-state index in [1.54, 1.807) is 23.5 Å². The van der Waals surface area contributed by atoms with Gasteiger partial charge in [0.25, 0.3) is 0 Å². The molecule has 0 aliphatic carbocycles. The minimum absolute atomic E-state index is 0.130. The molecule has 1 aromatic heterocycles. The van der Waals surface area contributed by atoms with Crippen LogP contribution in [0.25, 0.3) is 0 Å². The number of thiophene rings is 1. The molecular weight excluding hydrogens is 260 g/mol. The zero-order valence-electron chi connectivity index (χ0n) is 10.8. The van der Waals surface area contributed by atoms with Crippen LogP contribution in [0.4, 0.5) is 11.4 Å². The average molecular weight is 276 g/mol. The molecule has 0 bridgehead atoms. The molecule has 1 atom stereocenters. The van der Waals surface area contributed by atoms with Crippen molar-refractivity contribution in [3.05, 3.63) is 45.6 Å². The number of nitrogen functional groups attached to an aromatic ring is 1. The Morgan fingerprint density at radius 2 is 2.11 bits per heavy atom. The van der Waals surface area contributed by atoms with Gasteiger partial charge in [-0.2, -0.15) is 0 Å². The number of hydrogen-bond acceptors (Lipinski definition) is 4. The van der Waals surface area contributed by atoms with E-state index in [4.69, 9.17) is 10.8 Å². The number of carboxylic acid groups (broad SMARTS) is 1. The maximum absolute atomic E-state index is 10.9. The molecule has 1 aromatic carbocycles. The summed E-state index contributed by atoms with van der Waals surface area (Å²) in [5.74, 6) is -1.01. The highest BCUT2D eigenvalue weighted by molar-refractivity contribution is 7.12. The van der Waals surface area contributed by atoms with Crippen molar-refractivity contribution in [2.24, 2.45) is 0 Å². The number of aromatic carboxylic acids is 1. The van der Waals surface area contributed by atoms with E-state index in [0.29, 0.717) is 0 Å². The number of aryl methyl sites for hydroxylation is 1. The monoisotopic (exact) mass is 276 g/mol. The highest BCUT2D eigenvalue weighted by atomic mass is 32.1. The molecule has 0 aliphatic heterocycles. The van der Waals surface area contributed by atoms with Gasteiger partial charge in [-0.25, -0.2) is 4.79 Å². The summed E-state index contributed by atoms with van der Waals surface area (Å²) in [6, 6.07) is 9.24. The second-order valence-corrected chi connectivity index (χ2v) is 5.74. The third-order valence-corrected chi connectivity index (χ3v) is 4.04. The largest absolute Gasteiger partial charge is 0.478 e. The van der Waals surface area contributed by atoms with Gasteiger partial charge >= 0.3 is 5.97 Å². The molecule has 0 saturated carbocycles. The molecule has 0 radical (unpaired) electrons. The lowest BCUT2D eigenvalue weighted by molar-refractivity contribution is 0.0698. The summed E-state index contributed by atoms with van der Waals surface area (Å²) in [6.45, 7) is 4.13. The molecule has 4 nitrogen and oxygen atoms in total. The molecule has 5 heteroatoms. The molecule has 0 saturated heterocycles. The molecule has 0 aliphatic rings. The lowest BCUT2D eigenvalue weighted by Gasteiger charge is -2.14. The molecule has 1 heterocycles. The van der Waals surface area contributed by atoms with Gasteiger partial charge in [-0.15, -0.1) is 11.3 Å². The molecule has 100 valence electrons. The molecule has 1 unspecified atom stereocenters. The Kier molecular flexibility index (Phi) is 3.76. The smallest absolute Gasteiger partial charge is 0.337 e. The standard InChI is InChI=1S/C14H16N2O2S/c1-8-3-6-13(19-8)9(2)16-10-4-5-11(14(17)18)12(15)7-10/h3-7,9,16H,15H2,1-2H3,(H,17,18). The Morgan fingerprint density at radius 1 is 1.37 bits per heavy atom. The summed E-state index contributed by atoms with van der Waals surface area (Å²) in [7, 11) is 0. The fourth-order valence-corrected chi connectivity index (χ4v) is 2.73. The Bertz CT molecular complexity index is 607. The van der Waals surface area contributed by atoms with Gasteiger partial charge in [0.05, 0.1) is 11.6 Å². The predicted octanol–water partition coefficient (Wildman–Crippen LogP) is 3.51. The van der Waals surface area contributed by atoms with Crippen LogP contribution in [-0.4, -0.2) is 11.1 Å². The first-order valence-corrected chi connectivity index (χ1v) is 6.74. The van der Waals surface area contributed by atoms with Crippen LogP contribution in [0.3, 0.4) is 0 Å². The van der Waals surface area contributed by atoms with Gasteiger partial charge in [-0.1, -0.05) is 0 Å². The summed E-state index contributed by atoms with van der Waals surface area (Å²) >= 11 is 1.74. The van der Waals surface area contributed by atoms with Crippen LogP contribution in [0, 0.1) is 6.92 Å². The van der Waals surface area contributed by atoms with E-state index in [9.17, 15) is 4.79 Å². The van der Waals surface area contributed by atoms with Crippen molar-refractivity contribution in [3.8, 4) is 0 Å². The van der Waals surface area contributed by atoms with Crippen LogP contribution in [0.5, 0.6) is 0 Å². The van der Waals surface area contributed by atoms with Gasteiger partial charge < -0.3 is 16.2 Å². The van der Waals surface area contributed by atoms with Crippen LogP contribution in [0.1, 0.15) is 33.1 Å². The van der Waals surface area contributed by atoms with Crippen molar-refractivity contribution < 1.29 is 9.90 Å². The minimum Gasteiger partial charge on any atom is -0.478 e. The third-order valence-electron chi connectivity index (χ3n) is 2.85. The number of anilines is 2. The van der Waals surface area contributed by atoms with E-state index in [0.717, 1.165) is 5.69 Å². The summed E-state index contributed by atoms with van der Waals surface area (Å²) in [4.78, 5) is 13.4. The normalized spacial score (nSPS) is 12.1. The topological polar surface area (TPSA) is 75.3 Å². The maximum Gasteiger partial charge on any atom is 0.337 e. The van der Waals surface area contributed by atoms with Crippen LogP contribution < -0.4 is 11.1 Å². The highest BCUT2D eigenvalue weighted by Gasteiger charge is 2.11. The van der Waals surface area contributed by atoms with Gasteiger partial charge in [-0.05, 0) is 44.2 Å². The van der Waals surface area contributed by atoms with Crippen LogP contribution in [-0.2, 0) is 0 Å². The SMILES string of the molecule is Cc1ccc(C(C)Nc2ccc(C(=O)O)c(N)c2)s1. The number of hydrogen-bond donors (Lipinski definition) is 3. The maximum atomic E-state index is 10.9. The second kappa shape index (κ2) is 5.32. The highest BCUT2D eigenvalue weighted by Crippen LogP contribution is 2.27. The van der Waals surface area contributed by atoms with E-state index in [1.807, 2.05) is 0 Å². The van der Waals surface area contributed by atoms with Crippen molar-refractivity contribution >= 4 is 28.7 Å². The number of benzene rings is 1.